The molecule has 2 rings (SSSR count). The molecule has 0 aliphatic carbocycles. The molecular weight excluding hydrogens is 353 g/mol. The zero-order valence-electron chi connectivity index (χ0n) is 10.4. The lowest BCUT2D eigenvalue weighted by molar-refractivity contribution is -0.387. The average Bonchev–Trinajstić information content (AvgIpc) is 2.38. The van der Waals surface area contributed by atoms with Gasteiger partial charge < -0.3 is 5.32 Å². The molecule has 0 amide bonds. The van der Waals surface area contributed by atoms with Crippen LogP contribution in [0.1, 0.15) is 5.56 Å². The smallest absolute Gasteiger partial charge is 0.305 e. The molecule has 0 aliphatic heterocycles. The van der Waals surface area contributed by atoms with E-state index >= 15 is 0 Å². The Morgan fingerprint density at radius 1 is 1.24 bits per heavy atom. The van der Waals surface area contributed by atoms with Crippen LogP contribution in [-0.2, 0) is 6.54 Å². The van der Waals surface area contributed by atoms with E-state index in [0.717, 1.165) is 12.1 Å². The van der Waals surface area contributed by atoms with Crippen LogP contribution in [-0.4, -0.2) is 4.92 Å². The molecule has 0 aliphatic rings. The first kappa shape index (κ1) is 15.3. The largest absolute Gasteiger partial charge is 0.378 e. The molecular formula is C13H8BrF3N2O2. The predicted molar refractivity (Wildman–Crippen MR) is 74.4 cm³/mol. The summed E-state index contributed by atoms with van der Waals surface area (Å²) >= 11 is 2.98. The van der Waals surface area contributed by atoms with Gasteiger partial charge in [0.2, 0.25) is 5.82 Å². The van der Waals surface area contributed by atoms with Gasteiger partial charge in [-0.25, -0.2) is 8.78 Å². The molecule has 0 radical (unpaired) electrons. The van der Waals surface area contributed by atoms with Crippen molar-refractivity contribution in [3.05, 3.63) is 67.9 Å². The maximum absolute atomic E-state index is 13.8. The number of halogens is 4. The van der Waals surface area contributed by atoms with Crippen LogP contribution in [0.5, 0.6) is 0 Å². The van der Waals surface area contributed by atoms with Crippen molar-refractivity contribution in [3.8, 4) is 0 Å². The van der Waals surface area contributed by atoms with Crippen molar-refractivity contribution in [1.82, 2.24) is 0 Å². The summed E-state index contributed by atoms with van der Waals surface area (Å²) in [6.45, 7) is -0.186. The van der Waals surface area contributed by atoms with Crippen LogP contribution in [0, 0.1) is 27.6 Å². The summed E-state index contributed by atoms with van der Waals surface area (Å²) in [5.41, 5.74) is -0.713. The average molecular weight is 361 g/mol. The van der Waals surface area contributed by atoms with Crippen molar-refractivity contribution in [3.63, 3.8) is 0 Å². The zero-order valence-corrected chi connectivity index (χ0v) is 12.0. The molecule has 21 heavy (non-hydrogen) atoms. The second-order valence-electron chi connectivity index (χ2n) is 4.11. The lowest BCUT2D eigenvalue weighted by Gasteiger charge is -2.10. The summed E-state index contributed by atoms with van der Waals surface area (Å²) in [6.07, 6.45) is 0. The summed E-state index contributed by atoms with van der Waals surface area (Å²) in [4.78, 5) is 9.79. The predicted octanol–water partition coefficient (Wildman–Crippen LogP) is 4.39. The Balaban J connectivity index is 2.25. The minimum Gasteiger partial charge on any atom is -0.378 e. The van der Waals surface area contributed by atoms with Crippen LogP contribution in [0.15, 0.2) is 34.8 Å². The Labute approximate surface area is 125 Å². The van der Waals surface area contributed by atoms with Gasteiger partial charge in [0.1, 0.15) is 11.6 Å². The van der Waals surface area contributed by atoms with Gasteiger partial charge in [0.15, 0.2) is 0 Å². The summed E-state index contributed by atoms with van der Waals surface area (Å²) in [5, 5.41) is 13.2. The van der Waals surface area contributed by atoms with E-state index in [-0.39, 0.29) is 22.3 Å². The maximum Gasteiger partial charge on any atom is 0.305 e. The Kier molecular flexibility index (Phi) is 4.46. The second-order valence-corrected chi connectivity index (χ2v) is 4.96. The van der Waals surface area contributed by atoms with E-state index in [2.05, 4.69) is 21.2 Å². The standard InChI is InChI=1S/C13H8BrF3N2O2/c14-9-4-8(15)5-10(16)13(9)18-6-7-2-1-3-11(12(7)17)19(20)21/h1-5,18H,6H2. The van der Waals surface area contributed by atoms with Crippen LogP contribution in [0.25, 0.3) is 0 Å². The molecule has 2 aromatic carbocycles. The number of nitrogens with one attached hydrogen (secondary N) is 1. The Hall–Kier alpha value is -2.09. The molecule has 0 saturated carbocycles. The van der Waals surface area contributed by atoms with Crippen LogP contribution in [0.2, 0.25) is 0 Å². The Morgan fingerprint density at radius 2 is 1.95 bits per heavy atom. The zero-order chi connectivity index (χ0) is 15.6. The van der Waals surface area contributed by atoms with Gasteiger partial charge in [0, 0.05) is 28.7 Å². The molecule has 110 valence electrons. The van der Waals surface area contributed by atoms with Gasteiger partial charge in [0.05, 0.1) is 10.6 Å². The fourth-order valence-electron chi connectivity index (χ4n) is 1.74. The van der Waals surface area contributed by atoms with Gasteiger partial charge in [-0.15, -0.1) is 0 Å². The van der Waals surface area contributed by atoms with Gasteiger partial charge in [-0.2, -0.15) is 4.39 Å². The summed E-state index contributed by atoms with van der Waals surface area (Å²) < 4.78 is 40.5. The first-order chi connectivity index (χ1) is 9.90. The van der Waals surface area contributed by atoms with Crippen molar-refractivity contribution >= 4 is 27.3 Å². The molecule has 0 atom stereocenters. The van der Waals surface area contributed by atoms with E-state index < -0.39 is 28.1 Å². The highest BCUT2D eigenvalue weighted by molar-refractivity contribution is 9.10. The fraction of sp³-hybridized carbons (Fsp3) is 0.0769. The molecule has 0 heterocycles. The highest BCUT2D eigenvalue weighted by atomic mass is 79.9. The van der Waals surface area contributed by atoms with Crippen LogP contribution in [0.3, 0.4) is 0 Å². The van der Waals surface area contributed by atoms with Crippen LogP contribution < -0.4 is 5.32 Å². The summed E-state index contributed by atoms with van der Waals surface area (Å²) in [7, 11) is 0. The van der Waals surface area contributed by atoms with E-state index in [1.807, 2.05) is 0 Å². The van der Waals surface area contributed by atoms with Gasteiger partial charge in [0.25, 0.3) is 0 Å². The third kappa shape index (κ3) is 3.33. The van der Waals surface area contributed by atoms with Crippen molar-refractivity contribution in [2.75, 3.05) is 5.32 Å². The molecule has 4 nitrogen and oxygen atoms in total. The van der Waals surface area contributed by atoms with E-state index in [1.165, 1.54) is 12.1 Å². The minimum absolute atomic E-state index is 0.000162. The fourth-order valence-corrected chi connectivity index (χ4v) is 2.29. The molecule has 8 heteroatoms. The summed E-state index contributed by atoms with van der Waals surface area (Å²) in [5.74, 6) is -2.60. The van der Waals surface area contributed by atoms with Crippen LogP contribution >= 0.6 is 15.9 Å². The first-order valence-electron chi connectivity index (χ1n) is 5.70. The van der Waals surface area contributed by atoms with Crippen molar-refractivity contribution in [2.24, 2.45) is 0 Å². The SMILES string of the molecule is O=[N+]([O-])c1cccc(CNc2c(F)cc(F)cc2Br)c1F. The normalized spacial score (nSPS) is 10.5. The maximum atomic E-state index is 13.8. The highest BCUT2D eigenvalue weighted by Crippen LogP contribution is 2.28. The van der Waals surface area contributed by atoms with Gasteiger partial charge in [-0.1, -0.05) is 12.1 Å². The van der Waals surface area contributed by atoms with E-state index in [9.17, 15) is 23.3 Å². The number of hydrogen-bond donors (Lipinski definition) is 1. The van der Waals surface area contributed by atoms with Crippen molar-refractivity contribution in [2.45, 2.75) is 6.54 Å². The van der Waals surface area contributed by atoms with Crippen molar-refractivity contribution in [1.29, 1.82) is 0 Å². The number of nitrogens with zero attached hydrogens (tertiary/aromatic N) is 1. The quantitative estimate of drug-likeness (QED) is 0.649. The molecule has 0 saturated heterocycles. The molecule has 0 fully saturated rings. The number of nitro groups is 1. The number of benzene rings is 2. The monoisotopic (exact) mass is 360 g/mol. The van der Waals surface area contributed by atoms with Gasteiger partial charge >= 0.3 is 5.69 Å². The lowest BCUT2D eigenvalue weighted by atomic mass is 10.1. The van der Waals surface area contributed by atoms with Gasteiger partial charge in [-0.3, -0.25) is 10.1 Å². The minimum atomic E-state index is -0.992. The summed E-state index contributed by atoms with van der Waals surface area (Å²) in [6, 6.07) is 5.43. The molecule has 0 unspecified atom stereocenters. The van der Waals surface area contributed by atoms with E-state index in [0.29, 0.717) is 6.07 Å². The molecule has 0 spiro atoms. The number of hydrogen-bond acceptors (Lipinski definition) is 3. The van der Waals surface area contributed by atoms with Crippen molar-refractivity contribution < 1.29 is 18.1 Å². The van der Waals surface area contributed by atoms with E-state index in [1.54, 1.807) is 0 Å². The highest BCUT2D eigenvalue weighted by Gasteiger charge is 2.17. The number of nitro benzene ring substituents is 1. The Bertz CT molecular complexity index is 687. The number of anilines is 1. The lowest BCUT2D eigenvalue weighted by Crippen LogP contribution is -2.06. The third-order valence-corrected chi connectivity index (χ3v) is 3.34. The first-order valence-corrected chi connectivity index (χ1v) is 6.49. The number of rotatable bonds is 4. The molecule has 2 aromatic rings. The topological polar surface area (TPSA) is 55.2 Å². The van der Waals surface area contributed by atoms with E-state index in [4.69, 9.17) is 0 Å². The second kappa shape index (κ2) is 6.13. The molecule has 0 aromatic heterocycles. The van der Waals surface area contributed by atoms with Crippen LogP contribution in [0.4, 0.5) is 24.5 Å². The molecule has 1 N–H and O–H groups in total. The molecule has 0 bridgehead atoms. The third-order valence-electron chi connectivity index (χ3n) is 2.72. The van der Waals surface area contributed by atoms with Gasteiger partial charge in [-0.05, 0) is 22.0 Å². The Morgan fingerprint density at radius 3 is 2.57 bits per heavy atom.